The second-order valence-electron chi connectivity index (χ2n) is 4.41. The fraction of sp³-hybridized carbons (Fsp3) is 0.500. The first-order chi connectivity index (χ1) is 9.08. The lowest BCUT2D eigenvalue weighted by Gasteiger charge is -2.20. The molecule has 0 aliphatic rings. The molecule has 0 saturated carbocycles. The number of hydrogen-bond donors (Lipinski definition) is 1. The fourth-order valence-electron chi connectivity index (χ4n) is 1.78. The van der Waals surface area contributed by atoms with Gasteiger partial charge in [-0.3, -0.25) is 9.59 Å². The molecule has 0 aliphatic heterocycles. The van der Waals surface area contributed by atoms with Gasteiger partial charge in [-0.15, -0.1) is 0 Å². The number of pyridine rings is 1. The molecule has 0 radical (unpaired) electrons. The highest BCUT2D eigenvalue weighted by atomic mass is 16.2. The Morgan fingerprint density at radius 1 is 1.21 bits per heavy atom. The van der Waals surface area contributed by atoms with Gasteiger partial charge in [0.2, 0.25) is 0 Å². The largest absolute Gasteiger partial charge is 0.334 e. The summed E-state index contributed by atoms with van der Waals surface area (Å²) < 4.78 is 0. The molecule has 5 heteroatoms. The van der Waals surface area contributed by atoms with Crippen molar-refractivity contribution in [1.82, 2.24) is 9.88 Å². The molecule has 1 aromatic rings. The average molecular weight is 263 g/mol. The Balaban J connectivity index is 2.68. The van der Waals surface area contributed by atoms with E-state index in [4.69, 9.17) is 0 Å². The first-order valence-corrected chi connectivity index (χ1v) is 6.62. The predicted octanol–water partition coefficient (Wildman–Crippen LogP) is 1.98. The zero-order chi connectivity index (χ0) is 14.3. The maximum absolute atomic E-state index is 12.0. The highest BCUT2D eigenvalue weighted by Crippen LogP contribution is 2.05. The Morgan fingerprint density at radius 3 is 2.37 bits per heavy atom. The van der Waals surface area contributed by atoms with Gasteiger partial charge in [0.1, 0.15) is 5.82 Å². The molecule has 1 aromatic heterocycles. The van der Waals surface area contributed by atoms with Crippen molar-refractivity contribution in [3.8, 4) is 0 Å². The minimum atomic E-state index is -0.625. The summed E-state index contributed by atoms with van der Waals surface area (Å²) in [5.41, 5.74) is 0.796. The summed E-state index contributed by atoms with van der Waals surface area (Å²) in [6, 6.07) is 5.29. The van der Waals surface area contributed by atoms with Crippen molar-refractivity contribution >= 4 is 17.6 Å². The topological polar surface area (TPSA) is 62.3 Å². The molecule has 0 bridgehead atoms. The molecule has 1 rings (SSSR count). The van der Waals surface area contributed by atoms with Crippen molar-refractivity contribution in [3.63, 3.8) is 0 Å². The SMILES string of the molecule is CCCN(CCC)C(=O)C(=O)Nc1cccc(C)n1. The number of aromatic nitrogens is 1. The van der Waals surface area contributed by atoms with Crippen LogP contribution in [0.25, 0.3) is 0 Å². The molecular formula is C14H21N3O2. The lowest BCUT2D eigenvalue weighted by molar-refractivity contribution is -0.143. The Hall–Kier alpha value is -1.91. The molecule has 19 heavy (non-hydrogen) atoms. The van der Waals surface area contributed by atoms with Gasteiger partial charge in [0.15, 0.2) is 0 Å². The van der Waals surface area contributed by atoms with Crippen LogP contribution in [0.3, 0.4) is 0 Å². The number of rotatable bonds is 5. The molecular weight excluding hydrogens is 242 g/mol. The molecule has 104 valence electrons. The molecule has 0 unspecified atom stereocenters. The summed E-state index contributed by atoms with van der Waals surface area (Å²) in [5, 5.41) is 2.54. The Bertz CT molecular complexity index is 440. The first kappa shape index (κ1) is 15.1. The normalized spacial score (nSPS) is 10.1. The van der Waals surface area contributed by atoms with Crippen molar-refractivity contribution < 1.29 is 9.59 Å². The molecule has 0 saturated heterocycles. The number of nitrogens with one attached hydrogen (secondary N) is 1. The molecule has 0 aliphatic carbocycles. The fourth-order valence-corrected chi connectivity index (χ4v) is 1.78. The summed E-state index contributed by atoms with van der Waals surface area (Å²) in [6.07, 6.45) is 1.67. The Morgan fingerprint density at radius 2 is 1.84 bits per heavy atom. The lowest BCUT2D eigenvalue weighted by Crippen LogP contribution is -2.40. The van der Waals surface area contributed by atoms with Gasteiger partial charge in [-0.2, -0.15) is 0 Å². The third-order valence-corrected chi connectivity index (χ3v) is 2.60. The summed E-state index contributed by atoms with van der Waals surface area (Å²) in [4.78, 5) is 29.6. The van der Waals surface area contributed by atoms with Crippen LogP contribution in [-0.2, 0) is 9.59 Å². The molecule has 0 aromatic carbocycles. The van der Waals surface area contributed by atoms with Crippen LogP contribution >= 0.6 is 0 Å². The third-order valence-electron chi connectivity index (χ3n) is 2.60. The number of carbonyl (C=O) groups is 2. The molecule has 0 atom stereocenters. The first-order valence-electron chi connectivity index (χ1n) is 6.62. The zero-order valence-corrected chi connectivity index (χ0v) is 11.8. The maximum Gasteiger partial charge on any atom is 0.315 e. The summed E-state index contributed by atoms with van der Waals surface area (Å²) in [7, 11) is 0. The molecule has 1 heterocycles. The smallest absolute Gasteiger partial charge is 0.315 e. The third kappa shape index (κ3) is 4.69. The van der Waals surface area contributed by atoms with Crippen molar-refractivity contribution in [3.05, 3.63) is 23.9 Å². The van der Waals surface area contributed by atoms with Crippen molar-refractivity contribution in [2.45, 2.75) is 33.6 Å². The molecule has 1 N–H and O–H groups in total. The number of anilines is 1. The number of hydrogen-bond acceptors (Lipinski definition) is 3. The van der Waals surface area contributed by atoms with E-state index in [1.165, 1.54) is 0 Å². The van der Waals surface area contributed by atoms with Gasteiger partial charge < -0.3 is 10.2 Å². The monoisotopic (exact) mass is 263 g/mol. The standard InChI is InChI=1S/C14H21N3O2/c1-4-9-17(10-5-2)14(19)13(18)16-12-8-6-7-11(3)15-12/h6-8H,4-5,9-10H2,1-3H3,(H,15,16,18). The quantitative estimate of drug-likeness (QED) is 0.826. The van der Waals surface area contributed by atoms with E-state index in [9.17, 15) is 9.59 Å². The van der Waals surface area contributed by atoms with Crippen LogP contribution in [0, 0.1) is 6.92 Å². The van der Waals surface area contributed by atoms with Gasteiger partial charge in [-0.25, -0.2) is 4.98 Å². The van der Waals surface area contributed by atoms with E-state index in [0.29, 0.717) is 18.9 Å². The van der Waals surface area contributed by atoms with Crippen LogP contribution in [0.15, 0.2) is 18.2 Å². The Kier molecular flexibility index (Phi) is 5.99. The predicted molar refractivity (Wildman–Crippen MR) is 74.8 cm³/mol. The van der Waals surface area contributed by atoms with Crippen LogP contribution in [0.5, 0.6) is 0 Å². The van der Waals surface area contributed by atoms with Crippen molar-refractivity contribution in [1.29, 1.82) is 0 Å². The van der Waals surface area contributed by atoms with Crippen molar-refractivity contribution in [2.24, 2.45) is 0 Å². The molecule has 5 nitrogen and oxygen atoms in total. The minimum absolute atomic E-state index is 0.409. The maximum atomic E-state index is 12.0. The average Bonchev–Trinajstić information content (AvgIpc) is 2.37. The van der Waals surface area contributed by atoms with E-state index in [0.717, 1.165) is 18.5 Å². The second kappa shape index (κ2) is 7.51. The number of carbonyl (C=O) groups excluding carboxylic acids is 2. The van der Waals surface area contributed by atoms with Gasteiger partial charge in [-0.05, 0) is 31.9 Å². The number of nitrogens with zero attached hydrogens (tertiary/aromatic N) is 2. The van der Waals surface area contributed by atoms with Crippen LogP contribution in [0.1, 0.15) is 32.4 Å². The molecule has 0 spiro atoms. The second-order valence-corrected chi connectivity index (χ2v) is 4.41. The lowest BCUT2D eigenvalue weighted by atomic mass is 10.3. The summed E-state index contributed by atoms with van der Waals surface area (Å²) >= 11 is 0. The van der Waals surface area contributed by atoms with E-state index < -0.39 is 11.8 Å². The van der Waals surface area contributed by atoms with Crippen LogP contribution in [-0.4, -0.2) is 34.8 Å². The Labute approximate surface area is 114 Å². The summed E-state index contributed by atoms with van der Waals surface area (Å²) in [6.45, 7) is 6.99. The molecule has 2 amide bonds. The van der Waals surface area contributed by atoms with Gasteiger partial charge in [-0.1, -0.05) is 19.9 Å². The zero-order valence-electron chi connectivity index (χ0n) is 11.8. The van der Waals surface area contributed by atoms with Crippen molar-refractivity contribution in [2.75, 3.05) is 18.4 Å². The highest BCUT2D eigenvalue weighted by molar-refractivity contribution is 6.39. The van der Waals surface area contributed by atoms with E-state index in [1.807, 2.05) is 26.8 Å². The number of aryl methyl sites for hydroxylation is 1. The molecule has 0 fully saturated rings. The van der Waals surface area contributed by atoms with Crippen LogP contribution < -0.4 is 5.32 Å². The van der Waals surface area contributed by atoms with Crippen LogP contribution in [0.2, 0.25) is 0 Å². The van der Waals surface area contributed by atoms with Crippen LogP contribution in [0.4, 0.5) is 5.82 Å². The van der Waals surface area contributed by atoms with Gasteiger partial charge in [0.05, 0.1) is 0 Å². The van der Waals surface area contributed by atoms with Gasteiger partial charge in [0.25, 0.3) is 0 Å². The van der Waals surface area contributed by atoms with E-state index in [1.54, 1.807) is 17.0 Å². The van der Waals surface area contributed by atoms with Gasteiger partial charge in [0, 0.05) is 18.8 Å². The number of amides is 2. The summed E-state index contributed by atoms with van der Waals surface area (Å²) in [5.74, 6) is -0.710. The highest BCUT2D eigenvalue weighted by Gasteiger charge is 2.20. The van der Waals surface area contributed by atoms with E-state index in [2.05, 4.69) is 10.3 Å². The van der Waals surface area contributed by atoms with E-state index in [-0.39, 0.29) is 0 Å². The van der Waals surface area contributed by atoms with E-state index >= 15 is 0 Å². The van der Waals surface area contributed by atoms with Gasteiger partial charge >= 0.3 is 11.8 Å². The minimum Gasteiger partial charge on any atom is -0.334 e.